The number of ether oxygens (including phenoxy) is 2. The zero-order valence-corrected chi connectivity index (χ0v) is 12.6. The first kappa shape index (κ1) is 16.7. The molecular formula is C15H11ClFNO5. The molecule has 120 valence electrons. The van der Waals surface area contributed by atoms with Crippen molar-refractivity contribution in [2.24, 2.45) is 0 Å². The van der Waals surface area contributed by atoms with Crippen molar-refractivity contribution in [3.63, 3.8) is 0 Å². The van der Waals surface area contributed by atoms with Gasteiger partial charge in [0.25, 0.3) is 5.24 Å². The van der Waals surface area contributed by atoms with Crippen LogP contribution in [-0.2, 0) is 4.79 Å². The molecular weight excluding hydrogens is 329 g/mol. The minimum atomic E-state index is -1.06. The first-order valence-corrected chi connectivity index (χ1v) is 6.82. The van der Waals surface area contributed by atoms with Gasteiger partial charge in [-0.2, -0.15) is 0 Å². The summed E-state index contributed by atoms with van der Waals surface area (Å²) in [6.45, 7) is 1.37. The van der Waals surface area contributed by atoms with E-state index in [2.05, 4.69) is 0 Å². The average molecular weight is 340 g/mol. The Hall–Kier alpha value is -2.67. The zero-order chi connectivity index (χ0) is 17.0. The third-order valence-electron chi connectivity index (χ3n) is 2.80. The average Bonchev–Trinajstić information content (AvgIpc) is 2.49. The van der Waals surface area contributed by atoms with Gasteiger partial charge in [-0.1, -0.05) is 0 Å². The molecule has 0 aliphatic carbocycles. The molecule has 0 heterocycles. The molecule has 2 aromatic rings. The zero-order valence-electron chi connectivity index (χ0n) is 11.9. The van der Waals surface area contributed by atoms with Crippen LogP contribution in [-0.4, -0.2) is 16.3 Å². The molecule has 23 heavy (non-hydrogen) atoms. The van der Waals surface area contributed by atoms with Gasteiger partial charge in [0.15, 0.2) is 6.10 Å². The van der Waals surface area contributed by atoms with Crippen molar-refractivity contribution in [1.29, 1.82) is 0 Å². The van der Waals surface area contributed by atoms with Crippen LogP contribution in [0.25, 0.3) is 0 Å². The fourth-order valence-electron chi connectivity index (χ4n) is 1.68. The van der Waals surface area contributed by atoms with E-state index in [4.69, 9.17) is 21.1 Å². The smallest absolute Gasteiger partial charge is 0.311 e. The van der Waals surface area contributed by atoms with E-state index < -0.39 is 22.1 Å². The topological polar surface area (TPSA) is 78.7 Å². The summed E-state index contributed by atoms with van der Waals surface area (Å²) < 4.78 is 23.5. The summed E-state index contributed by atoms with van der Waals surface area (Å²) in [5, 5.41) is 10.2. The van der Waals surface area contributed by atoms with Crippen LogP contribution in [0.5, 0.6) is 17.2 Å². The molecule has 0 spiro atoms. The fraction of sp³-hybridized carbons (Fsp3) is 0.133. The van der Waals surface area contributed by atoms with Crippen molar-refractivity contribution in [2.75, 3.05) is 0 Å². The Kier molecular flexibility index (Phi) is 5.13. The quantitative estimate of drug-likeness (QED) is 0.450. The van der Waals surface area contributed by atoms with Crippen LogP contribution < -0.4 is 9.47 Å². The van der Waals surface area contributed by atoms with Crippen LogP contribution >= 0.6 is 11.6 Å². The van der Waals surface area contributed by atoms with Gasteiger partial charge in [-0.15, -0.1) is 0 Å². The monoisotopic (exact) mass is 339 g/mol. The van der Waals surface area contributed by atoms with Gasteiger partial charge in [0.05, 0.1) is 4.92 Å². The maximum atomic E-state index is 12.9. The Bertz CT molecular complexity index is 735. The number of benzene rings is 2. The molecule has 0 amide bonds. The second-order valence-corrected chi connectivity index (χ2v) is 4.88. The predicted octanol–water partition coefficient (Wildman–Crippen LogP) is 4.06. The highest BCUT2D eigenvalue weighted by Crippen LogP contribution is 2.34. The SMILES string of the molecule is CC(Oc1cc(Oc2ccc(F)cc2)ccc1[N+](=O)[O-])C(=O)Cl. The first-order chi connectivity index (χ1) is 10.9. The number of carbonyl (C=O) groups is 1. The Morgan fingerprint density at radius 2 is 1.83 bits per heavy atom. The summed E-state index contributed by atoms with van der Waals surface area (Å²) in [5.74, 6) is -0.00488. The summed E-state index contributed by atoms with van der Waals surface area (Å²) >= 11 is 5.29. The van der Waals surface area contributed by atoms with Gasteiger partial charge in [-0.05, 0) is 48.9 Å². The molecule has 0 aliphatic heterocycles. The van der Waals surface area contributed by atoms with Crippen LogP contribution in [0, 0.1) is 15.9 Å². The van der Waals surface area contributed by atoms with E-state index in [1.54, 1.807) is 0 Å². The lowest BCUT2D eigenvalue weighted by Crippen LogP contribution is -2.19. The van der Waals surface area contributed by atoms with Crippen LogP contribution in [0.3, 0.4) is 0 Å². The van der Waals surface area contributed by atoms with Gasteiger partial charge in [0.2, 0.25) is 5.75 Å². The fourth-order valence-corrected chi connectivity index (χ4v) is 1.72. The molecule has 0 aromatic heterocycles. The maximum Gasteiger partial charge on any atom is 0.311 e. The number of halogens is 2. The molecule has 8 heteroatoms. The number of nitro benzene ring substituents is 1. The Labute approximate surface area is 135 Å². The number of nitro groups is 1. The number of hydrogen-bond donors (Lipinski definition) is 0. The number of carbonyl (C=O) groups excluding carboxylic acids is 1. The van der Waals surface area contributed by atoms with Crippen molar-refractivity contribution in [3.05, 3.63) is 58.4 Å². The lowest BCUT2D eigenvalue weighted by molar-refractivity contribution is -0.386. The molecule has 0 bridgehead atoms. The Morgan fingerprint density at radius 1 is 1.22 bits per heavy atom. The molecule has 0 N–H and O–H groups in total. The van der Waals surface area contributed by atoms with E-state index in [1.165, 1.54) is 49.4 Å². The van der Waals surface area contributed by atoms with Crippen LogP contribution in [0.4, 0.5) is 10.1 Å². The largest absolute Gasteiger partial charge is 0.474 e. The van der Waals surface area contributed by atoms with Crippen LogP contribution in [0.2, 0.25) is 0 Å². The summed E-state index contributed by atoms with van der Waals surface area (Å²) in [4.78, 5) is 21.4. The molecule has 1 atom stereocenters. The molecule has 2 aromatic carbocycles. The van der Waals surface area contributed by atoms with Crippen LogP contribution in [0.1, 0.15) is 6.92 Å². The summed E-state index contributed by atoms with van der Waals surface area (Å²) in [6.07, 6.45) is -1.06. The van der Waals surface area contributed by atoms with Crippen molar-refractivity contribution >= 4 is 22.5 Å². The van der Waals surface area contributed by atoms with Gasteiger partial charge in [-0.3, -0.25) is 14.9 Å². The van der Waals surface area contributed by atoms with Gasteiger partial charge in [0.1, 0.15) is 17.3 Å². The van der Waals surface area contributed by atoms with Gasteiger partial charge in [0, 0.05) is 12.1 Å². The number of nitrogens with zero attached hydrogens (tertiary/aromatic N) is 1. The van der Waals surface area contributed by atoms with Gasteiger partial charge in [-0.25, -0.2) is 4.39 Å². The predicted molar refractivity (Wildman–Crippen MR) is 80.5 cm³/mol. The lowest BCUT2D eigenvalue weighted by Gasteiger charge is -2.12. The van der Waals surface area contributed by atoms with Crippen molar-refractivity contribution < 1.29 is 23.6 Å². The van der Waals surface area contributed by atoms with Crippen molar-refractivity contribution in [3.8, 4) is 17.2 Å². The van der Waals surface area contributed by atoms with E-state index >= 15 is 0 Å². The van der Waals surface area contributed by atoms with Crippen molar-refractivity contribution in [2.45, 2.75) is 13.0 Å². The lowest BCUT2D eigenvalue weighted by atomic mass is 10.2. The van der Waals surface area contributed by atoms with Gasteiger partial charge >= 0.3 is 5.69 Å². The molecule has 1 unspecified atom stereocenters. The maximum absolute atomic E-state index is 12.9. The highest BCUT2D eigenvalue weighted by Gasteiger charge is 2.21. The molecule has 0 saturated heterocycles. The molecule has 0 fully saturated rings. The normalized spacial score (nSPS) is 11.6. The van der Waals surface area contributed by atoms with E-state index in [1.807, 2.05) is 0 Å². The number of hydrogen-bond acceptors (Lipinski definition) is 5. The second kappa shape index (κ2) is 7.06. The molecule has 0 radical (unpaired) electrons. The van der Waals surface area contributed by atoms with E-state index in [-0.39, 0.29) is 17.2 Å². The minimum absolute atomic E-state index is 0.156. The third kappa shape index (κ3) is 4.40. The summed E-state index contributed by atoms with van der Waals surface area (Å²) in [7, 11) is 0. The summed E-state index contributed by atoms with van der Waals surface area (Å²) in [5.41, 5.74) is -0.332. The van der Waals surface area contributed by atoms with E-state index in [0.717, 1.165) is 0 Å². The standard InChI is InChI=1S/C15H11ClFNO5/c1-9(15(16)19)22-14-8-12(6-7-13(14)18(20)21)23-11-4-2-10(17)3-5-11/h2-9H,1H3. The van der Waals surface area contributed by atoms with Crippen LogP contribution in [0.15, 0.2) is 42.5 Å². The second-order valence-electron chi connectivity index (χ2n) is 4.51. The summed E-state index contributed by atoms with van der Waals surface area (Å²) in [6, 6.07) is 9.04. The first-order valence-electron chi connectivity index (χ1n) is 6.44. The van der Waals surface area contributed by atoms with E-state index in [9.17, 15) is 19.3 Å². The van der Waals surface area contributed by atoms with Gasteiger partial charge < -0.3 is 9.47 Å². The molecule has 6 nitrogen and oxygen atoms in total. The Balaban J connectivity index is 2.29. The van der Waals surface area contributed by atoms with E-state index in [0.29, 0.717) is 5.75 Å². The van der Waals surface area contributed by atoms with Crippen molar-refractivity contribution in [1.82, 2.24) is 0 Å². The molecule has 0 saturated carbocycles. The minimum Gasteiger partial charge on any atom is -0.474 e. The highest BCUT2D eigenvalue weighted by molar-refractivity contribution is 6.64. The molecule has 0 aliphatic rings. The Morgan fingerprint density at radius 3 is 2.39 bits per heavy atom. The molecule has 2 rings (SSSR count). The highest BCUT2D eigenvalue weighted by atomic mass is 35.5. The number of rotatable bonds is 6. The third-order valence-corrected chi connectivity index (χ3v) is 3.11.